The zero-order valence-electron chi connectivity index (χ0n) is 11.7. The van der Waals surface area contributed by atoms with Gasteiger partial charge >= 0.3 is 0 Å². The molecule has 2 aromatic carbocycles. The van der Waals surface area contributed by atoms with Crippen LogP contribution in [0.2, 0.25) is 0 Å². The average Bonchev–Trinajstić information content (AvgIpc) is 2.48. The van der Waals surface area contributed by atoms with Gasteiger partial charge in [0.1, 0.15) is 5.66 Å². The molecule has 1 spiro atoms. The second kappa shape index (κ2) is 4.11. The van der Waals surface area contributed by atoms with Gasteiger partial charge in [-0.25, -0.2) is 0 Å². The van der Waals surface area contributed by atoms with Crippen LogP contribution in [0, 0.1) is 5.92 Å². The molecule has 3 heteroatoms. The molecule has 2 aliphatic rings. The highest BCUT2D eigenvalue weighted by Gasteiger charge is 2.44. The number of halogens is 1. The van der Waals surface area contributed by atoms with Crippen molar-refractivity contribution >= 4 is 22.1 Å². The van der Waals surface area contributed by atoms with Gasteiger partial charge in [0.05, 0.1) is 5.69 Å². The van der Waals surface area contributed by atoms with Gasteiger partial charge in [0, 0.05) is 11.1 Å². The van der Waals surface area contributed by atoms with Crippen LogP contribution in [0.3, 0.4) is 0 Å². The van der Waals surface area contributed by atoms with Crippen LogP contribution in [0.15, 0.2) is 36.4 Å². The fourth-order valence-electron chi connectivity index (χ4n) is 3.68. The topological polar surface area (TPSA) is 15.3 Å². The van der Waals surface area contributed by atoms with E-state index >= 15 is 4.48 Å². The number of rotatable bonds is 0. The number of benzene rings is 2. The molecule has 4 rings (SSSR count). The molecule has 1 N–H and O–H groups in total. The molecule has 0 amide bonds. The van der Waals surface area contributed by atoms with Crippen LogP contribution < -0.4 is 10.4 Å². The number of nitrogens with zero attached hydrogens (tertiary/aromatic N) is 1. The Morgan fingerprint density at radius 3 is 2.60 bits per heavy atom. The fourth-order valence-corrected chi connectivity index (χ4v) is 3.68. The maximum absolute atomic E-state index is 15.1. The third kappa shape index (κ3) is 1.55. The van der Waals surface area contributed by atoms with Gasteiger partial charge in [-0.1, -0.05) is 35.7 Å². The molecule has 1 aliphatic carbocycles. The summed E-state index contributed by atoms with van der Waals surface area (Å²) < 4.78 is 15.1. The largest absolute Gasteiger partial charge is 0.360 e. The maximum Gasteiger partial charge on any atom is 0.140 e. The first kappa shape index (κ1) is 12.0. The van der Waals surface area contributed by atoms with Crippen molar-refractivity contribution < 1.29 is 4.48 Å². The lowest BCUT2D eigenvalue weighted by atomic mass is 9.81. The summed E-state index contributed by atoms with van der Waals surface area (Å²) in [6, 6.07) is 12.0. The summed E-state index contributed by atoms with van der Waals surface area (Å²) >= 11 is 0. The first-order valence-corrected chi connectivity index (χ1v) is 7.46. The number of hydrogen-bond donors (Lipinski definition) is 1. The smallest absolute Gasteiger partial charge is 0.140 e. The van der Waals surface area contributed by atoms with Crippen LogP contribution in [-0.4, -0.2) is 5.66 Å². The zero-order valence-corrected chi connectivity index (χ0v) is 11.7. The van der Waals surface area contributed by atoms with Crippen LogP contribution in [0.5, 0.6) is 0 Å². The van der Waals surface area contributed by atoms with Crippen molar-refractivity contribution in [1.82, 2.24) is 0 Å². The van der Waals surface area contributed by atoms with E-state index in [1.807, 2.05) is 30.3 Å². The van der Waals surface area contributed by atoms with Crippen molar-refractivity contribution in [3.05, 3.63) is 36.4 Å². The molecule has 0 unspecified atom stereocenters. The molecule has 1 saturated carbocycles. The molecular weight excluding hydrogens is 251 g/mol. The molecule has 0 aromatic heterocycles. The molecular formula is C17H19FN2. The first-order valence-electron chi connectivity index (χ1n) is 7.46. The Labute approximate surface area is 118 Å². The molecule has 20 heavy (non-hydrogen) atoms. The number of hydrogen-bond acceptors (Lipinski definition) is 2. The minimum Gasteiger partial charge on any atom is -0.360 e. The molecule has 2 aromatic rings. The van der Waals surface area contributed by atoms with Crippen molar-refractivity contribution in [2.45, 2.75) is 38.3 Å². The van der Waals surface area contributed by atoms with E-state index in [4.69, 9.17) is 0 Å². The highest BCUT2D eigenvalue weighted by Crippen LogP contribution is 2.47. The standard InChI is InChI=1S/C17H19FN2/c1-12-8-10-17(11-9-12)19-14-6-2-4-13-5-3-7-15(16(13)14)20(17)18/h2-7,12,19H,8-11H2,1H3. The van der Waals surface area contributed by atoms with E-state index in [-0.39, 0.29) is 0 Å². The molecule has 1 aliphatic heterocycles. The summed E-state index contributed by atoms with van der Waals surface area (Å²) in [6.07, 6.45) is 3.86. The lowest BCUT2D eigenvalue weighted by Crippen LogP contribution is -2.54. The molecule has 2 nitrogen and oxygen atoms in total. The van der Waals surface area contributed by atoms with Crippen molar-refractivity contribution in [2.24, 2.45) is 5.92 Å². The molecule has 0 bridgehead atoms. The van der Waals surface area contributed by atoms with Crippen LogP contribution >= 0.6 is 0 Å². The van der Waals surface area contributed by atoms with E-state index in [0.717, 1.165) is 47.3 Å². The van der Waals surface area contributed by atoms with Crippen LogP contribution in [0.4, 0.5) is 15.9 Å². The van der Waals surface area contributed by atoms with Crippen LogP contribution in [0.25, 0.3) is 10.8 Å². The molecule has 1 fully saturated rings. The molecule has 1 heterocycles. The van der Waals surface area contributed by atoms with Crippen LogP contribution in [0.1, 0.15) is 32.6 Å². The lowest BCUT2D eigenvalue weighted by molar-refractivity contribution is 0.189. The van der Waals surface area contributed by atoms with Crippen molar-refractivity contribution in [3.8, 4) is 0 Å². The van der Waals surface area contributed by atoms with Gasteiger partial charge in [-0.05, 0) is 49.1 Å². The Kier molecular flexibility index (Phi) is 2.47. The van der Waals surface area contributed by atoms with Crippen LogP contribution in [-0.2, 0) is 0 Å². The average molecular weight is 270 g/mol. The monoisotopic (exact) mass is 270 g/mol. The Bertz CT molecular complexity index is 654. The van der Waals surface area contributed by atoms with E-state index in [0.29, 0.717) is 11.6 Å². The highest BCUT2D eigenvalue weighted by molar-refractivity contribution is 6.05. The summed E-state index contributed by atoms with van der Waals surface area (Å²) in [4.78, 5) is 0. The van der Waals surface area contributed by atoms with Gasteiger partial charge in [0.15, 0.2) is 0 Å². The van der Waals surface area contributed by atoms with Crippen molar-refractivity contribution in [3.63, 3.8) is 0 Å². The Morgan fingerprint density at radius 2 is 1.85 bits per heavy atom. The summed E-state index contributed by atoms with van der Waals surface area (Å²) in [5.74, 6) is 0.698. The summed E-state index contributed by atoms with van der Waals surface area (Å²) in [7, 11) is 0. The Hall–Kier alpha value is -1.77. The lowest BCUT2D eigenvalue weighted by Gasteiger charge is -2.47. The maximum atomic E-state index is 15.1. The zero-order chi connectivity index (χ0) is 13.7. The first-order chi connectivity index (χ1) is 9.70. The van der Waals surface area contributed by atoms with E-state index in [1.54, 1.807) is 0 Å². The predicted molar refractivity (Wildman–Crippen MR) is 81.5 cm³/mol. The van der Waals surface area contributed by atoms with E-state index in [2.05, 4.69) is 18.3 Å². The third-order valence-corrected chi connectivity index (χ3v) is 4.94. The predicted octanol–water partition coefficient (Wildman–Crippen LogP) is 4.86. The van der Waals surface area contributed by atoms with Crippen molar-refractivity contribution in [1.29, 1.82) is 0 Å². The van der Waals surface area contributed by atoms with Gasteiger partial charge in [0.2, 0.25) is 0 Å². The highest BCUT2D eigenvalue weighted by atomic mass is 19.2. The quantitative estimate of drug-likeness (QED) is 0.687. The third-order valence-electron chi connectivity index (χ3n) is 4.94. The molecule has 0 saturated heterocycles. The second-order valence-electron chi connectivity index (χ2n) is 6.30. The minimum absolute atomic E-state index is 0.546. The normalized spacial score (nSPS) is 28.7. The Morgan fingerprint density at radius 1 is 1.15 bits per heavy atom. The number of anilines is 2. The van der Waals surface area contributed by atoms with Gasteiger partial charge in [-0.3, -0.25) is 0 Å². The van der Waals surface area contributed by atoms with Gasteiger partial charge in [-0.2, -0.15) is 5.12 Å². The summed E-state index contributed by atoms with van der Waals surface area (Å²) in [6.45, 7) is 2.26. The Balaban J connectivity index is 1.87. The molecule has 0 radical (unpaired) electrons. The minimum atomic E-state index is -0.546. The second-order valence-corrected chi connectivity index (χ2v) is 6.30. The summed E-state index contributed by atoms with van der Waals surface area (Å²) in [5.41, 5.74) is 1.24. The SMILES string of the molecule is CC1CCC2(CC1)Nc1cccc3cccc(c13)N2F. The van der Waals surface area contributed by atoms with Gasteiger partial charge < -0.3 is 5.32 Å². The van der Waals surface area contributed by atoms with Gasteiger partial charge in [0.25, 0.3) is 0 Å². The van der Waals surface area contributed by atoms with E-state index < -0.39 is 5.66 Å². The van der Waals surface area contributed by atoms with E-state index in [9.17, 15) is 0 Å². The van der Waals surface area contributed by atoms with Crippen molar-refractivity contribution in [2.75, 3.05) is 10.4 Å². The number of nitrogens with one attached hydrogen (secondary N) is 1. The summed E-state index contributed by atoms with van der Waals surface area (Å²) in [5, 5.41) is 6.59. The fraction of sp³-hybridized carbons (Fsp3) is 0.412. The molecule has 104 valence electrons. The van der Waals surface area contributed by atoms with E-state index in [1.165, 1.54) is 0 Å². The van der Waals surface area contributed by atoms with Gasteiger partial charge in [-0.15, -0.1) is 0 Å². The molecule has 0 atom stereocenters.